The molecular formula is C21H29NO. The minimum absolute atomic E-state index is 0.108. The Hall–Kier alpha value is -1.96. The summed E-state index contributed by atoms with van der Waals surface area (Å²) in [6.07, 6.45) is 0.108. The van der Waals surface area contributed by atoms with Crippen LogP contribution in [0.15, 0.2) is 42.5 Å². The lowest BCUT2D eigenvalue weighted by Gasteiger charge is -2.20. The van der Waals surface area contributed by atoms with Gasteiger partial charge in [-0.05, 0) is 67.1 Å². The molecular weight excluding hydrogens is 282 g/mol. The summed E-state index contributed by atoms with van der Waals surface area (Å²) in [7, 11) is 0. The van der Waals surface area contributed by atoms with Crippen molar-refractivity contribution in [1.82, 2.24) is 0 Å². The standard InChI is InChI=1S/C21H29NO/c1-15-7-10-19(13-16(15)2)22-14-17(3)23-20-11-8-18(9-12-20)21(4,5)6/h7-13,17,22H,14H2,1-6H3. The highest BCUT2D eigenvalue weighted by Gasteiger charge is 2.13. The number of aryl methyl sites for hydroxylation is 2. The number of ether oxygens (including phenoxy) is 1. The fraction of sp³-hybridized carbons (Fsp3) is 0.429. The lowest BCUT2D eigenvalue weighted by molar-refractivity contribution is 0.234. The zero-order valence-electron chi connectivity index (χ0n) is 15.2. The van der Waals surface area contributed by atoms with Crippen molar-refractivity contribution in [2.24, 2.45) is 0 Å². The molecule has 0 saturated carbocycles. The molecule has 0 bridgehead atoms. The molecule has 0 fully saturated rings. The third-order valence-electron chi connectivity index (χ3n) is 4.16. The summed E-state index contributed by atoms with van der Waals surface area (Å²) >= 11 is 0. The number of hydrogen-bond acceptors (Lipinski definition) is 2. The molecule has 1 N–H and O–H groups in total. The largest absolute Gasteiger partial charge is 0.489 e. The first-order chi connectivity index (χ1) is 10.8. The molecule has 23 heavy (non-hydrogen) atoms. The Kier molecular flexibility index (Phi) is 5.35. The van der Waals surface area contributed by atoms with Crippen LogP contribution in [0.25, 0.3) is 0 Å². The fourth-order valence-corrected chi connectivity index (χ4v) is 2.42. The van der Waals surface area contributed by atoms with Crippen LogP contribution in [0.5, 0.6) is 5.75 Å². The van der Waals surface area contributed by atoms with Gasteiger partial charge in [0.2, 0.25) is 0 Å². The lowest BCUT2D eigenvalue weighted by atomic mass is 9.87. The summed E-state index contributed by atoms with van der Waals surface area (Å²) < 4.78 is 6.00. The molecule has 2 nitrogen and oxygen atoms in total. The fourth-order valence-electron chi connectivity index (χ4n) is 2.42. The van der Waals surface area contributed by atoms with Gasteiger partial charge < -0.3 is 10.1 Å². The maximum Gasteiger partial charge on any atom is 0.119 e. The van der Waals surface area contributed by atoms with Crippen molar-refractivity contribution >= 4 is 5.69 Å². The predicted molar refractivity (Wildman–Crippen MR) is 99.6 cm³/mol. The molecule has 1 unspecified atom stereocenters. The highest BCUT2D eigenvalue weighted by atomic mass is 16.5. The van der Waals surface area contributed by atoms with E-state index in [1.807, 2.05) is 0 Å². The van der Waals surface area contributed by atoms with Crippen molar-refractivity contribution in [2.45, 2.75) is 53.1 Å². The van der Waals surface area contributed by atoms with E-state index in [4.69, 9.17) is 4.74 Å². The maximum atomic E-state index is 6.00. The van der Waals surface area contributed by atoms with Crippen LogP contribution >= 0.6 is 0 Å². The Morgan fingerprint density at radius 2 is 1.61 bits per heavy atom. The van der Waals surface area contributed by atoms with E-state index in [1.54, 1.807) is 0 Å². The van der Waals surface area contributed by atoms with Crippen molar-refractivity contribution in [3.05, 3.63) is 59.2 Å². The van der Waals surface area contributed by atoms with Crippen molar-refractivity contribution in [1.29, 1.82) is 0 Å². The summed E-state index contributed by atoms with van der Waals surface area (Å²) in [5, 5.41) is 3.44. The van der Waals surface area contributed by atoms with E-state index >= 15 is 0 Å². The predicted octanol–water partition coefficient (Wildman–Crippen LogP) is 5.48. The van der Waals surface area contributed by atoms with E-state index < -0.39 is 0 Å². The average Bonchev–Trinajstić information content (AvgIpc) is 2.48. The first-order valence-electron chi connectivity index (χ1n) is 8.34. The molecule has 0 amide bonds. The van der Waals surface area contributed by atoms with Crippen LogP contribution in [0.2, 0.25) is 0 Å². The molecule has 124 valence electrons. The van der Waals surface area contributed by atoms with E-state index in [-0.39, 0.29) is 11.5 Å². The minimum atomic E-state index is 0.108. The van der Waals surface area contributed by atoms with E-state index in [2.05, 4.69) is 89.3 Å². The monoisotopic (exact) mass is 311 g/mol. The Morgan fingerprint density at radius 1 is 0.957 bits per heavy atom. The smallest absolute Gasteiger partial charge is 0.119 e. The first-order valence-corrected chi connectivity index (χ1v) is 8.34. The van der Waals surface area contributed by atoms with Crippen LogP contribution in [0, 0.1) is 13.8 Å². The van der Waals surface area contributed by atoms with Gasteiger partial charge in [0.15, 0.2) is 0 Å². The number of rotatable bonds is 5. The second-order valence-corrected chi connectivity index (χ2v) is 7.38. The Balaban J connectivity index is 1.89. The van der Waals surface area contributed by atoms with Gasteiger partial charge in [0, 0.05) is 5.69 Å². The Bertz CT molecular complexity index is 638. The average molecular weight is 311 g/mol. The molecule has 0 aliphatic heterocycles. The molecule has 0 aromatic heterocycles. The van der Waals surface area contributed by atoms with Crippen LogP contribution in [0.4, 0.5) is 5.69 Å². The maximum absolute atomic E-state index is 6.00. The Morgan fingerprint density at radius 3 is 2.17 bits per heavy atom. The van der Waals surface area contributed by atoms with Crippen molar-refractivity contribution in [2.75, 3.05) is 11.9 Å². The summed E-state index contributed by atoms with van der Waals surface area (Å²) in [5.74, 6) is 0.924. The van der Waals surface area contributed by atoms with E-state index in [0.717, 1.165) is 18.0 Å². The van der Waals surface area contributed by atoms with Crippen LogP contribution in [0.3, 0.4) is 0 Å². The van der Waals surface area contributed by atoms with E-state index in [1.165, 1.54) is 16.7 Å². The third kappa shape index (κ3) is 5.02. The topological polar surface area (TPSA) is 21.3 Å². The van der Waals surface area contributed by atoms with E-state index in [0.29, 0.717) is 0 Å². The number of hydrogen-bond donors (Lipinski definition) is 1. The van der Waals surface area contributed by atoms with Gasteiger partial charge in [-0.15, -0.1) is 0 Å². The SMILES string of the molecule is Cc1ccc(NCC(C)Oc2ccc(C(C)(C)C)cc2)cc1C. The van der Waals surface area contributed by atoms with Crippen LogP contribution in [0.1, 0.15) is 44.4 Å². The molecule has 1 atom stereocenters. The van der Waals surface area contributed by atoms with E-state index in [9.17, 15) is 0 Å². The summed E-state index contributed by atoms with van der Waals surface area (Å²) in [6, 6.07) is 14.9. The zero-order valence-corrected chi connectivity index (χ0v) is 15.2. The van der Waals surface area contributed by atoms with Gasteiger partial charge in [0.25, 0.3) is 0 Å². The third-order valence-corrected chi connectivity index (χ3v) is 4.16. The normalized spacial score (nSPS) is 12.8. The summed E-state index contributed by atoms with van der Waals surface area (Å²) in [5.41, 5.74) is 5.27. The van der Waals surface area contributed by atoms with Gasteiger partial charge in [0.1, 0.15) is 11.9 Å². The molecule has 2 aromatic rings. The molecule has 0 radical (unpaired) electrons. The molecule has 0 heterocycles. The zero-order chi connectivity index (χ0) is 17.0. The van der Waals surface area contributed by atoms with Gasteiger partial charge in [-0.1, -0.05) is 39.0 Å². The highest BCUT2D eigenvalue weighted by molar-refractivity contribution is 5.48. The summed E-state index contributed by atoms with van der Waals surface area (Å²) in [6.45, 7) is 13.8. The molecule has 2 rings (SSSR count). The highest BCUT2D eigenvalue weighted by Crippen LogP contribution is 2.24. The van der Waals surface area contributed by atoms with Crippen molar-refractivity contribution < 1.29 is 4.74 Å². The molecule has 0 aliphatic carbocycles. The second kappa shape index (κ2) is 7.08. The molecule has 2 heteroatoms. The van der Waals surface area contributed by atoms with Crippen LogP contribution in [-0.4, -0.2) is 12.6 Å². The molecule has 2 aromatic carbocycles. The number of nitrogens with one attached hydrogen (secondary N) is 1. The molecule has 0 aliphatic rings. The number of anilines is 1. The van der Waals surface area contributed by atoms with Crippen molar-refractivity contribution in [3.8, 4) is 5.75 Å². The second-order valence-electron chi connectivity index (χ2n) is 7.38. The summed E-state index contributed by atoms with van der Waals surface area (Å²) in [4.78, 5) is 0. The van der Waals surface area contributed by atoms with Gasteiger partial charge >= 0.3 is 0 Å². The number of benzene rings is 2. The van der Waals surface area contributed by atoms with Gasteiger partial charge in [-0.2, -0.15) is 0 Å². The Labute approximate surface area is 140 Å². The quantitative estimate of drug-likeness (QED) is 0.789. The van der Waals surface area contributed by atoms with Crippen LogP contribution < -0.4 is 10.1 Å². The minimum Gasteiger partial charge on any atom is -0.489 e. The van der Waals surface area contributed by atoms with Gasteiger partial charge in [-0.3, -0.25) is 0 Å². The first kappa shape index (κ1) is 17.4. The lowest BCUT2D eigenvalue weighted by Crippen LogP contribution is -2.22. The van der Waals surface area contributed by atoms with Gasteiger partial charge in [-0.25, -0.2) is 0 Å². The molecule has 0 saturated heterocycles. The van der Waals surface area contributed by atoms with Crippen molar-refractivity contribution in [3.63, 3.8) is 0 Å². The van der Waals surface area contributed by atoms with Gasteiger partial charge in [0.05, 0.1) is 6.54 Å². The van der Waals surface area contributed by atoms with Crippen LogP contribution in [-0.2, 0) is 5.41 Å². The molecule has 0 spiro atoms.